The molecule has 1 aromatic carbocycles. The Labute approximate surface area is 113 Å². The molecule has 0 spiro atoms. The van der Waals surface area contributed by atoms with Crippen LogP contribution in [0, 0.1) is 0 Å². The second kappa shape index (κ2) is 6.81. The van der Waals surface area contributed by atoms with Gasteiger partial charge in [-0.05, 0) is 24.8 Å². The Morgan fingerprint density at radius 1 is 1.39 bits per heavy atom. The van der Waals surface area contributed by atoms with Gasteiger partial charge in [-0.3, -0.25) is 0 Å². The van der Waals surface area contributed by atoms with Crippen molar-refractivity contribution in [3.05, 3.63) is 30.1 Å². The van der Waals surface area contributed by atoms with Gasteiger partial charge in [0.2, 0.25) is 0 Å². The van der Waals surface area contributed by atoms with Gasteiger partial charge in [0.1, 0.15) is 5.82 Å². The van der Waals surface area contributed by atoms with Crippen LogP contribution in [0.2, 0.25) is 0 Å². The molecular formula is C14H21N3S. The SMILES string of the molecule is CCSC[C@H](C)NCCc1nc2ccccc2[nH]1. The molecule has 2 N–H and O–H groups in total. The molecule has 3 nitrogen and oxygen atoms in total. The first-order valence-corrected chi connectivity index (χ1v) is 7.70. The molecule has 0 unspecified atom stereocenters. The van der Waals surface area contributed by atoms with Crippen LogP contribution in [0.5, 0.6) is 0 Å². The molecule has 1 heterocycles. The monoisotopic (exact) mass is 263 g/mol. The van der Waals surface area contributed by atoms with Crippen LogP contribution in [0.25, 0.3) is 11.0 Å². The zero-order valence-corrected chi connectivity index (χ0v) is 11.9. The number of para-hydroxylation sites is 2. The minimum absolute atomic E-state index is 0.569. The average Bonchev–Trinajstić information content (AvgIpc) is 2.79. The fourth-order valence-corrected chi connectivity index (χ4v) is 2.62. The molecule has 0 saturated carbocycles. The highest BCUT2D eigenvalue weighted by molar-refractivity contribution is 7.99. The number of hydrogen-bond acceptors (Lipinski definition) is 3. The Kier molecular flexibility index (Phi) is 5.08. The van der Waals surface area contributed by atoms with E-state index in [0.29, 0.717) is 6.04 Å². The fraction of sp³-hybridized carbons (Fsp3) is 0.500. The number of imidazole rings is 1. The standard InChI is InChI=1S/C14H21N3S/c1-3-18-10-11(2)15-9-8-14-16-12-6-4-5-7-13(12)17-14/h4-7,11,15H,3,8-10H2,1-2H3,(H,16,17)/t11-/m0/s1. The first-order chi connectivity index (χ1) is 8.79. The number of nitrogens with one attached hydrogen (secondary N) is 2. The smallest absolute Gasteiger partial charge is 0.108 e. The largest absolute Gasteiger partial charge is 0.342 e. The van der Waals surface area contributed by atoms with Gasteiger partial charge in [0.15, 0.2) is 0 Å². The van der Waals surface area contributed by atoms with Crippen molar-refractivity contribution in [1.82, 2.24) is 15.3 Å². The minimum Gasteiger partial charge on any atom is -0.342 e. The Morgan fingerprint density at radius 2 is 2.22 bits per heavy atom. The van der Waals surface area contributed by atoms with Crippen molar-refractivity contribution in [3.8, 4) is 0 Å². The number of hydrogen-bond donors (Lipinski definition) is 2. The van der Waals surface area contributed by atoms with E-state index in [4.69, 9.17) is 0 Å². The predicted molar refractivity (Wildman–Crippen MR) is 80.3 cm³/mol. The summed E-state index contributed by atoms with van der Waals surface area (Å²) in [6.45, 7) is 5.42. The van der Waals surface area contributed by atoms with E-state index in [-0.39, 0.29) is 0 Å². The molecule has 0 aliphatic heterocycles. The lowest BCUT2D eigenvalue weighted by molar-refractivity contribution is 0.591. The van der Waals surface area contributed by atoms with Crippen molar-refractivity contribution in [2.75, 3.05) is 18.1 Å². The molecule has 2 aromatic rings. The number of H-pyrrole nitrogens is 1. The third-order valence-electron chi connectivity index (χ3n) is 2.86. The molecule has 0 radical (unpaired) electrons. The second-order valence-electron chi connectivity index (χ2n) is 4.47. The molecule has 2 rings (SSSR count). The number of aromatic amines is 1. The highest BCUT2D eigenvalue weighted by atomic mass is 32.2. The molecule has 1 atom stereocenters. The molecule has 4 heteroatoms. The maximum atomic E-state index is 4.57. The van der Waals surface area contributed by atoms with E-state index in [1.165, 1.54) is 11.5 Å². The highest BCUT2D eigenvalue weighted by Gasteiger charge is 2.03. The van der Waals surface area contributed by atoms with E-state index >= 15 is 0 Å². The number of rotatable bonds is 7. The van der Waals surface area contributed by atoms with Gasteiger partial charge >= 0.3 is 0 Å². The van der Waals surface area contributed by atoms with Crippen molar-refractivity contribution in [3.63, 3.8) is 0 Å². The van der Waals surface area contributed by atoms with Crippen molar-refractivity contribution in [1.29, 1.82) is 0 Å². The van der Waals surface area contributed by atoms with Crippen LogP contribution in [-0.2, 0) is 6.42 Å². The Hall–Kier alpha value is -1.00. The van der Waals surface area contributed by atoms with E-state index in [1.807, 2.05) is 30.0 Å². The highest BCUT2D eigenvalue weighted by Crippen LogP contribution is 2.10. The molecule has 0 bridgehead atoms. The van der Waals surface area contributed by atoms with Crippen LogP contribution in [0.4, 0.5) is 0 Å². The summed E-state index contributed by atoms with van der Waals surface area (Å²) in [5.74, 6) is 3.44. The molecular weight excluding hydrogens is 242 g/mol. The lowest BCUT2D eigenvalue weighted by Gasteiger charge is -2.11. The maximum absolute atomic E-state index is 4.57. The van der Waals surface area contributed by atoms with Gasteiger partial charge in [-0.2, -0.15) is 11.8 Å². The van der Waals surface area contributed by atoms with Gasteiger partial charge in [0.25, 0.3) is 0 Å². The Balaban J connectivity index is 1.79. The topological polar surface area (TPSA) is 40.7 Å². The van der Waals surface area contributed by atoms with Crippen LogP contribution >= 0.6 is 11.8 Å². The van der Waals surface area contributed by atoms with Crippen molar-refractivity contribution >= 4 is 22.8 Å². The summed E-state index contributed by atoms with van der Waals surface area (Å²) in [5.41, 5.74) is 2.18. The van der Waals surface area contributed by atoms with Crippen LogP contribution < -0.4 is 5.32 Å². The minimum atomic E-state index is 0.569. The Morgan fingerprint density at radius 3 is 3.00 bits per heavy atom. The van der Waals surface area contributed by atoms with E-state index in [1.54, 1.807) is 0 Å². The van der Waals surface area contributed by atoms with E-state index in [9.17, 15) is 0 Å². The van der Waals surface area contributed by atoms with Crippen LogP contribution in [0.1, 0.15) is 19.7 Å². The number of nitrogens with zero attached hydrogens (tertiary/aromatic N) is 1. The maximum Gasteiger partial charge on any atom is 0.108 e. The molecule has 0 aliphatic carbocycles. The van der Waals surface area contributed by atoms with Gasteiger partial charge < -0.3 is 10.3 Å². The van der Waals surface area contributed by atoms with Crippen LogP contribution in [0.3, 0.4) is 0 Å². The van der Waals surface area contributed by atoms with Gasteiger partial charge in [-0.1, -0.05) is 19.1 Å². The Bertz CT molecular complexity index is 448. The molecule has 0 fully saturated rings. The summed E-state index contributed by atoms with van der Waals surface area (Å²) in [6, 6.07) is 8.74. The quantitative estimate of drug-likeness (QED) is 0.807. The summed E-state index contributed by atoms with van der Waals surface area (Å²) in [5, 5.41) is 3.53. The fourth-order valence-electron chi connectivity index (χ4n) is 1.91. The second-order valence-corrected chi connectivity index (χ2v) is 5.78. The van der Waals surface area contributed by atoms with Gasteiger partial charge in [0.05, 0.1) is 11.0 Å². The zero-order valence-electron chi connectivity index (χ0n) is 11.1. The van der Waals surface area contributed by atoms with Crippen molar-refractivity contribution < 1.29 is 0 Å². The van der Waals surface area contributed by atoms with E-state index < -0.39 is 0 Å². The van der Waals surface area contributed by atoms with Crippen molar-refractivity contribution in [2.24, 2.45) is 0 Å². The van der Waals surface area contributed by atoms with Crippen molar-refractivity contribution in [2.45, 2.75) is 26.3 Å². The number of aromatic nitrogens is 2. The summed E-state index contributed by atoms with van der Waals surface area (Å²) in [7, 11) is 0. The molecule has 0 aliphatic rings. The number of fused-ring (bicyclic) bond motifs is 1. The summed E-state index contributed by atoms with van der Waals surface area (Å²) in [6.07, 6.45) is 0.954. The molecule has 18 heavy (non-hydrogen) atoms. The molecule has 0 amide bonds. The molecule has 1 aromatic heterocycles. The summed E-state index contributed by atoms with van der Waals surface area (Å²) in [4.78, 5) is 7.93. The predicted octanol–water partition coefficient (Wildman–Crippen LogP) is 2.84. The summed E-state index contributed by atoms with van der Waals surface area (Å²) < 4.78 is 0. The van der Waals surface area contributed by atoms with E-state index in [2.05, 4.69) is 35.2 Å². The summed E-state index contributed by atoms with van der Waals surface area (Å²) >= 11 is 1.98. The first kappa shape index (κ1) is 13.4. The third kappa shape index (κ3) is 3.75. The average molecular weight is 263 g/mol. The lowest BCUT2D eigenvalue weighted by Crippen LogP contribution is -2.30. The van der Waals surface area contributed by atoms with Gasteiger partial charge in [0, 0.05) is 24.8 Å². The number of benzene rings is 1. The number of thioether (sulfide) groups is 1. The first-order valence-electron chi connectivity index (χ1n) is 6.54. The lowest BCUT2D eigenvalue weighted by atomic mass is 10.3. The zero-order chi connectivity index (χ0) is 12.8. The van der Waals surface area contributed by atoms with Crippen LogP contribution in [-0.4, -0.2) is 34.1 Å². The van der Waals surface area contributed by atoms with Gasteiger partial charge in [-0.15, -0.1) is 0 Å². The molecule has 98 valence electrons. The normalized spacial score (nSPS) is 13.0. The van der Waals surface area contributed by atoms with Crippen LogP contribution in [0.15, 0.2) is 24.3 Å². The van der Waals surface area contributed by atoms with Gasteiger partial charge in [-0.25, -0.2) is 4.98 Å². The third-order valence-corrected chi connectivity index (χ3v) is 4.01. The van der Waals surface area contributed by atoms with E-state index in [0.717, 1.165) is 29.8 Å². The molecule has 0 saturated heterocycles.